The minimum absolute atomic E-state index is 0.0110. The molecule has 1 aliphatic heterocycles. The van der Waals surface area contributed by atoms with Crippen LogP contribution in [-0.2, 0) is 16.1 Å². The number of ether oxygens (including phenoxy) is 1. The van der Waals surface area contributed by atoms with Crippen molar-refractivity contribution in [1.29, 1.82) is 0 Å². The van der Waals surface area contributed by atoms with E-state index in [9.17, 15) is 9.18 Å². The maximum Gasteiger partial charge on any atom is 0.249 e. The Kier molecular flexibility index (Phi) is 6.30. The van der Waals surface area contributed by atoms with E-state index in [1.54, 1.807) is 12.1 Å². The van der Waals surface area contributed by atoms with Gasteiger partial charge in [0.05, 0.1) is 6.10 Å². The highest BCUT2D eigenvalue weighted by molar-refractivity contribution is 5.81. The summed E-state index contributed by atoms with van der Waals surface area (Å²) in [5, 5.41) is 2.89. The number of nitrogens with one attached hydrogen (secondary N) is 1. The van der Waals surface area contributed by atoms with Crippen LogP contribution in [0.2, 0.25) is 0 Å². The van der Waals surface area contributed by atoms with Crippen LogP contribution in [0.15, 0.2) is 24.3 Å². The van der Waals surface area contributed by atoms with E-state index in [0.717, 1.165) is 24.9 Å². The molecule has 0 radical (unpaired) electrons. The van der Waals surface area contributed by atoms with E-state index >= 15 is 0 Å². The topological polar surface area (TPSA) is 67.6 Å². The highest BCUT2D eigenvalue weighted by atomic mass is 19.1. The highest BCUT2D eigenvalue weighted by Crippen LogP contribution is 2.18. The van der Waals surface area contributed by atoms with Crippen LogP contribution in [0.5, 0.6) is 0 Å². The van der Waals surface area contributed by atoms with Gasteiger partial charge in [0, 0.05) is 26.2 Å². The second kappa shape index (κ2) is 8.22. The molecule has 1 fully saturated rings. The molecule has 1 heterocycles. The first-order chi connectivity index (χ1) is 10.6. The summed E-state index contributed by atoms with van der Waals surface area (Å²) in [7, 11) is 1.96. The van der Waals surface area contributed by atoms with E-state index in [1.807, 2.05) is 7.05 Å². The summed E-state index contributed by atoms with van der Waals surface area (Å²) < 4.78 is 18.4. The molecule has 0 aliphatic carbocycles. The summed E-state index contributed by atoms with van der Waals surface area (Å²) in [4.78, 5) is 14.0. The van der Waals surface area contributed by atoms with Gasteiger partial charge in [-0.05, 0) is 37.6 Å². The van der Waals surface area contributed by atoms with Crippen LogP contribution in [0.4, 0.5) is 4.39 Å². The summed E-state index contributed by atoms with van der Waals surface area (Å²) in [6.07, 6.45) is 1.23. The Morgan fingerprint density at radius 1 is 1.41 bits per heavy atom. The molecule has 3 N–H and O–H groups in total. The lowest BCUT2D eigenvalue weighted by Gasteiger charge is -2.18. The van der Waals surface area contributed by atoms with Gasteiger partial charge in [-0.2, -0.15) is 0 Å². The standard InChI is InChI=1S/C16H24FN3O2/c1-20(11-12-2-4-13(17)5-3-12)9-8-19-16(21)15-7-6-14(10-18)22-15/h2-5,14-15H,6-11,18H2,1H3,(H,19,21)/t14-,15+/m1/s1. The van der Waals surface area contributed by atoms with Crippen LogP contribution in [0.3, 0.4) is 0 Å². The van der Waals surface area contributed by atoms with Crippen molar-refractivity contribution in [3.63, 3.8) is 0 Å². The molecule has 0 unspecified atom stereocenters. The highest BCUT2D eigenvalue weighted by Gasteiger charge is 2.29. The fraction of sp³-hybridized carbons (Fsp3) is 0.562. The molecule has 122 valence electrons. The Balaban J connectivity index is 1.65. The Morgan fingerprint density at radius 2 is 2.14 bits per heavy atom. The average molecular weight is 309 g/mol. The van der Waals surface area contributed by atoms with Crippen LogP contribution in [-0.4, -0.2) is 49.7 Å². The first-order valence-corrected chi connectivity index (χ1v) is 7.64. The number of hydrogen-bond donors (Lipinski definition) is 2. The minimum atomic E-state index is -0.365. The van der Waals surface area contributed by atoms with E-state index in [1.165, 1.54) is 12.1 Å². The van der Waals surface area contributed by atoms with Gasteiger partial charge in [-0.3, -0.25) is 4.79 Å². The van der Waals surface area contributed by atoms with Gasteiger partial charge < -0.3 is 20.7 Å². The lowest BCUT2D eigenvalue weighted by molar-refractivity contribution is -0.131. The summed E-state index contributed by atoms with van der Waals surface area (Å²) in [6.45, 7) is 2.45. The van der Waals surface area contributed by atoms with Crippen molar-refractivity contribution in [1.82, 2.24) is 10.2 Å². The second-order valence-corrected chi connectivity index (χ2v) is 5.72. The van der Waals surface area contributed by atoms with Gasteiger partial charge in [0.15, 0.2) is 0 Å². The Morgan fingerprint density at radius 3 is 2.77 bits per heavy atom. The molecule has 0 bridgehead atoms. The van der Waals surface area contributed by atoms with Crippen LogP contribution in [0.1, 0.15) is 18.4 Å². The van der Waals surface area contributed by atoms with Gasteiger partial charge in [0.1, 0.15) is 11.9 Å². The summed E-state index contributed by atoms with van der Waals surface area (Å²) >= 11 is 0. The van der Waals surface area contributed by atoms with E-state index in [4.69, 9.17) is 10.5 Å². The molecule has 1 aromatic carbocycles. The predicted molar refractivity (Wildman–Crippen MR) is 82.7 cm³/mol. The molecule has 1 aliphatic rings. The molecule has 0 spiro atoms. The lowest BCUT2D eigenvalue weighted by atomic mass is 10.2. The zero-order chi connectivity index (χ0) is 15.9. The molecule has 2 rings (SSSR count). The molecular formula is C16H24FN3O2. The number of rotatable bonds is 7. The van der Waals surface area contributed by atoms with Crippen LogP contribution >= 0.6 is 0 Å². The zero-order valence-electron chi connectivity index (χ0n) is 12.9. The molecular weight excluding hydrogens is 285 g/mol. The molecule has 22 heavy (non-hydrogen) atoms. The predicted octanol–water partition coefficient (Wildman–Crippen LogP) is 0.880. The lowest BCUT2D eigenvalue weighted by Crippen LogP contribution is -2.39. The number of halogens is 1. The van der Waals surface area contributed by atoms with Crippen LogP contribution < -0.4 is 11.1 Å². The first kappa shape index (κ1) is 16.9. The van der Waals surface area contributed by atoms with Crippen LogP contribution in [0.25, 0.3) is 0 Å². The molecule has 0 saturated carbocycles. The molecule has 1 aromatic rings. The van der Waals surface area contributed by atoms with E-state index in [0.29, 0.717) is 19.6 Å². The number of likely N-dealkylation sites (N-methyl/N-ethyl adjacent to an activating group) is 1. The minimum Gasteiger partial charge on any atom is -0.364 e. The van der Waals surface area contributed by atoms with Crippen molar-refractivity contribution in [3.05, 3.63) is 35.6 Å². The molecule has 1 amide bonds. The maximum atomic E-state index is 12.8. The van der Waals surface area contributed by atoms with Gasteiger partial charge in [0.25, 0.3) is 0 Å². The summed E-state index contributed by atoms with van der Waals surface area (Å²) in [6, 6.07) is 6.44. The van der Waals surface area contributed by atoms with E-state index in [-0.39, 0.29) is 23.9 Å². The summed E-state index contributed by atoms with van der Waals surface area (Å²) in [5.74, 6) is -0.294. The van der Waals surface area contributed by atoms with Gasteiger partial charge in [-0.1, -0.05) is 12.1 Å². The third-order valence-electron chi connectivity index (χ3n) is 3.82. The average Bonchev–Trinajstić information content (AvgIpc) is 2.98. The first-order valence-electron chi connectivity index (χ1n) is 7.64. The van der Waals surface area contributed by atoms with Crippen molar-refractivity contribution in [3.8, 4) is 0 Å². The normalized spacial score (nSPS) is 21.3. The molecule has 0 aromatic heterocycles. The van der Waals surface area contributed by atoms with Crippen molar-refractivity contribution in [2.45, 2.75) is 31.6 Å². The number of amides is 1. The number of carbonyl (C=O) groups excluding carboxylic acids is 1. The number of benzene rings is 1. The largest absolute Gasteiger partial charge is 0.364 e. The van der Waals surface area contributed by atoms with Crippen molar-refractivity contribution >= 4 is 5.91 Å². The molecule has 1 saturated heterocycles. The quantitative estimate of drug-likeness (QED) is 0.785. The van der Waals surface area contributed by atoms with E-state index in [2.05, 4.69) is 10.2 Å². The Labute approximate surface area is 130 Å². The zero-order valence-corrected chi connectivity index (χ0v) is 12.9. The van der Waals surface area contributed by atoms with Crippen molar-refractivity contribution in [2.75, 3.05) is 26.7 Å². The van der Waals surface area contributed by atoms with Gasteiger partial charge in [-0.25, -0.2) is 4.39 Å². The summed E-state index contributed by atoms with van der Waals surface area (Å²) in [5.41, 5.74) is 6.57. The number of nitrogens with two attached hydrogens (primary N) is 1. The van der Waals surface area contributed by atoms with E-state index < -0.39 is 0 Å². The number of nitrogens with zero attached hydrogens (tertiary/aromatic N) is 1. The maximum absolute atomic E-state index is 12.8. The SMILES string of the molecule is CN(CCNC(=O)[C@@H]1CC[C@H](CN)O1)Cc1ccc(F)cc1. The third kappa shape index (κ3) is 5.05. The van der Waals surface area contributed by atoms with Gasteiger partial charge >= 0.3 is 0 Å². The fourth-order valence-corrected chi connectivity index (χ4v) is 2.54. The molecule has 2 atom stereocenters. The van der Waals surface area contributed by atoms with Crippen LogP contribution in [0, 0.1) is 5.82 Å². The Bertz CT molecular complexity index is 481. The van der Waals surface area contributed by atoms with Gasteiger partial charge in [-0.15, -0.1) is 0 Å². The smallest absolute Gasteiger partial charge is 0.249 e. The second-order valence-electron chi connectivity index (χ2n) is 5.72. The number of carbonyl (C=O) groups is 1. The van der Waals surface area contributed by atoms with Gasteiger partial charge in [0.2, 0.25) is 5.91 Å². The third-order valence-corrected chi connectivity index (χ3v) is 3.82. The molecule has 6 heteroatoms. The Hall–Kier alpha value is -1.50. The monoisotopic (exact) mass is 309 g/mol. The van der Waals surface area contributed by atoms with Crippen molar-refractivity contribution < 1.29 is 13.9 Å². The fourth-order valence-electron chi connectivity index (χ4n) is 2.54. The number of hydrogen-bond acceptors (Lipinski definition) is 4. The van der Waals surface area contributed by atoms with Crippen molar-refractivity contribution in [2.24, 2.45) is 5.73 Å². The molecule has 5 nitrogen and oxygen atoms in total.